The number of rotatable bonds is 4. The minimum absolute atomic E-state index is 0.392. The summed E-state index contributed by atoms with van der Waals surface area (Å²) in [7, 11) is 0. The molecule has 0 bridgehead atoms. The van der Waals surface area contributed by atoms with Gasteiger partial charge in [0.1, 0.15) is 17.8 Å². The van der Waals surface area contributed by atoms with Crippen LogP contribution in [0.5, 0.6) is 0 Å². The SMILES string of the molecule is C[C@H]1CN(C2CCC(n3cc(-c4ccc(NC(N)=O)cc4)c4c(N)ncnc43)CC2)CCN1. The van der Waals surface area contributed by atoms with Gasteiger partial charge >= 0.3 is 6.03 Å². The van der Waals surface area contributed by atoms with Gasteiger partial charge in [-0.25, -0.2) is 14.8 Å². The summed E-state index contributed by atoms with van der Waals surface area (Å²) in [5.74, 6) is 0.483. The van der Waals surface area contributed by atoms with Crippen LogP contribution in [-0.2, 0) is 0 Å². The number of fused-ring (bicyclic) bond motifs is 1. The topological polar surface area (TPSA) is 127 Å². The van der Waals surface area contributed by atoms with Gasteiger partial charge in [-0.3, -0.25) is 4.90 Å². The molecule has 1 aromatic carbocycles. The number of nitrogens with one attached hydrogen (secondary N) is 2. The van der Waals surface area contributed by atoms with Crippen molar-refractivity contribution in [1.29, 1.82) is 0 Å². The van der Waals surface area contributed by atoms with Gasteiger partial charge in [-0.15, -0.1) is 0 Å². The third-order valence-electron chi connectivity index (χ3n) is 7.08. The zero-order valence-corrected chi connectivity index (χ0v) is 19.0. The molecule has 1 atom stereocenters. The first-order valence-corrected chi connectivity index (χ1v) is 11.7. The van der Waals surface area contributed by atoms with E-state index in [-0.39, 0.29) is 0 Å². The Morgan fingerprint density at radius 1 is 1.12 bits per heavy atom. The maximum Gasteiger partial charge on any atom is 0.316 e. The Bertz CT molecular complexity index is 1130. The summed E-state index contributed by atoms with van der Waals surface area (Å²) in [5, 5.41) is 7.02. The van der Waals surface area contributed by atoms with E-state index in [4.69, 9.17) is 11.5 Å². The van der Waals surface area contributed by atoms with Crippen LogP contribution in [0.1, 0.15) is 38.6 Å². The maximum absolute atomic E-state index is 11.1. The lowest BCUT2D eigenvalue weighted by atomic mass is 9.89. The molecule has 174 valence electrons. The van der Waals surface area contributed by atoms with Crippen LogP contribution in [0.4, 0.5) is 16.3 Å². The molecule has 0 spiro atoms. The molecule has 6 N–H and O–H groups in total. The Morgan fingerprint density at radius 2 is 1.85 bits per heavy atom. The van der Waals surface area contributed by atoms with Gasteiger partial charge in [0.25, 0.3) is 0 Å². The molecule has 1 aliphatic carbocycles. The summed E-state index contributed by atoms with van der Waals surface area (Å²) in [5.41, 5.74) is 15.1. The normalized spacial score (nSPS) is 24.1. The summed E-state index contributed by atoms with van der Waals surface area (Å²) in [4.78, 5) is 22.7. The van der Waals surface area contributed by atoms with E-state index < -0.39 is 6.03 Å². The Hall–Kier alpha value is -3.17. The highest BCUT2D eigenvalue weighted by Gasteiger charge is 2.30. The average molecular weight is 449 g/mol. The first-order valence-electron chi connectivity index (χ1n) is 11.7. The fraction of sp³-hybridized carbons (Fsp3) is 0.458. The molecular formula is C24H32N8O. The molecule has 5 rings (SSSR count). The highest BCUT2D eigenvalue weighted by molar-refractivity contribution is 6.01. The van der Waals surface area contributed by atoms with E-state index in [1.807, 2.05) is 24.3 Å². The number of amides is 2. The van der Waals surface area contributed by atoms with Gasteiger partial charge in [0.2, 0.25) is 0 Å². The standard InChI is InChI=1S/C24H32N8O/c1-15-12-31(11-10-27-15)18-6-8-19(9-7-18)32-13-20(21-22(25)28-14-29-23(21)32)16-2-4-17(5-3-16)30-24(26)33/h2-5,13-15,18-19,27H,6-12H2,1H3,(H2,25,28,29)(H3,26,30,33)/t15-,18?,19?/m0/s1. The molecule has 1 saturated carbocycles. The fourth-order valence-corrected chi connectivity index (χ4v) is 5.48. The molecule has 2 aliphatic rings. The molecule has 1 saturated heterocycles. The summed E-state index contributed by atoms with van der Waals surface area (Å²) in [6.07, 6.45) is 8.35. The molecule has 2 amide bonds. The maximum atomic E-state index is 11.1. The van der Waals surface area contributed by atoms with Crippen LogP contribution >= 0.6 is 0 Å². The quantitative estimate of drug-likeness (QED) is 0.486. The molecule has 0 unspecified atom stereocenters. The highest BCUT2D eigenvalue weighted by Crippen LogP contribution is 2.39. The van der Waals surface area contributed by atoms with Crippen molar-refractivity contribution in [2.75, 3.05) is 30.7 Å². The van der Waals surface area contributed by atoms with E-state index in [2.05, 4.69) is 43.2 Å². The van der Waals surface area contributed by atoms with Crippen LogP contribution in [0, 0.1) is 0 Å². The van der Waals surface area contributed by atoms with Gasteiger partial charge in [0.15, 0.2) is 0 Å². The molecule has 3 aromatic rings. The second-order valence-corrected chi connectivity index (χ2v) is 9.29. The number of aromatic nitrogens is 3. The lowest BCUT2D eigenvalue weighted by Gasteiger charge is -2.41. The number of benzene rings is 1. The predicted octanol–water partition coefficient (Wildman–Crippen LogP) is 2.95. The number of nitrogens with zero attached hydrogens (tertiary/aromatic N) is 4. The lowest BCUT2D eigenvalue weighted by molar-refractivity contribution is 0.107. The lowest BCUT2D eigenvalue weighted by Crippen LogP contribution is -2.53. The van der Waals surface area contributed by atoms with Gasteiger partial charge in [-0.1, -0.05) is 12.1 Å². The number of carbonyl (C=O) groups excluding carboxylic acids is 1. The molecule has 0 radical (unpaired) electrons. The van der Waals surface area contributed by atoms with Gasteiger partial charge < -0.3 is 26.7 Å². The van der Waals surface area contributed by atoms with Crippen molar-refractivity contribution in [1.82, 2.24) is 24.8 Å². The van der Waals surface area contributed by atoms with Crippen LogP contribution in [0.3, 0.4) is 0 Å². The highest BCUT2D eigenvalue weighted by atomic mass is 16.2. The van der Waals surface area contributed by atoms with Crippen LogP contribution in [0.15, 0.2) is 36.8 Å². The van der Waals surface area contributed by atoms with Crippen molar-refractivity contribution in [3.63, 3.8) is 0 Å². The van der Waals surface area contributed by atoms with Crippen LogP contribution < -0.4 is 22.1 Å². The molecule has 33 heavy (non-hydrogen) atoms. The zero-order chi connectivity index (χ0) is 22.9. The molecule has 2 fully saturated rings. The van der Waals surface area contributed by atoms with E-state index in [1.165, 1.54) is 12.8 Å². The zero-order valence-electron chi connectivity index (χ0n) is 19.0. The number of primary amides is 1. The molecule has 1 aliphatic heterocycles. The monoisotopic (exact) mass is 448 g/mol. The summed E-state index contributed by atoms with van der Waals surface area (Å²) in [6, 6.07) is 8.63. The summed E-state index contributed by atoms with van der Waals surface area (Å²) >= 11 is 0. The van der Waals surface area contributed by atoms with E-state index in [9.17, 15) is 4.79 Å². The Labute approximate surface area is 193 Å². The number of urea groups is 1. The van der Waals surface area contributed by atoms with Gasteiger partial charge in [0.05, 0.1) is 5.39 Å². The molecule has 2 aromatic heterocycles. The number of nitrogens with two attached hydrogens (primary N) is 2. The average Bonchev–Trinajstić information content (AvgIpc) is 3.20. The van der Waals surface area contributed by atoms with Gasteiger partial charge in [0, 0.05) is 55.2 Å². The fourth-order valence-electron chi connectivity index (χ4n) is 5.48. The third kappa shape index (κ3) is 4.38. The van der Waals surface area contributed by atoms with E-state index in [0.29, 0.717) is 29.6 Å². The van der Waals surface area contributed by atoms with Gasteiger partial charge in [-0.05, 0) is 50.3 Å². The molecule has 9 nitrogen and oxygen atoms in total. The minimum atomic E-state index is -0.581. The first-order chi connectivity index (χ1) is 16.0. The Balaban J connectivity index is 1.41. The van der Waals surface area contributed by atoms with Crippen LogP contribution in [0.2, 0.25) is 0 Å². The van der Waals surface area contributed by atoms with E-state index in [1.54, 1.807) is 6.33 Å². The molecule has 3 heterocycles. The number of nitrogen functional groups attached to an aromatic ring is 1. The van der Waals surface area contributed by atoms with Crippen molar-refractivity contribution in [3.8, 4) is 11.1 Å². The largest absolute Gasteiger partial charge is 0.383 e. The summed E-state index contributed by atoms with van der Waals surface area (Å²) < 4.78 is 2.30. The number of hydrogen-bond acceptors (Lipinski definition) is 6. The van der Waals surface area contributed by atoms with E-state index in [0.717, 1.165) is 54.6 Å². The van der Waals surface area contributed by atoms with Crippen molar-refractivity contribution in [2.24, 2.45) is 5.73 Å². The second kappa shape index (κ2) is 8.99. The van der Waals surface area contributed by atoms with Gasteiger partial charge in [-0.2, -0.15) is 0 Å². The molecular weight excluding hydrogens is 416 g/mol. The summed E-state index contributed by atoms with van der Waals surface area (Å²) in [6.45, 7) is 5.62. The van der Waals surface area contributed by atoms with Crippen LogP contribution in [-0.4, -0.2) is 57.2 Å². The molecule has 9 heteroatoms. The minimum Gasteiger partial charge on any atom is -0.383 e. The first kappa shape index (κ1) is 21.7. The van der Waals surface area contributed by atoms with Crippen molar-refractivity contribution in [3.05, 3.63) is 36.8 Å². The van der Waals surface area contributed by atoms with E-state index >= 15 is 0 Å². The number of hydrogen-bond donors (Lipinski definition) is 4. The van der Waals surface area contributed by atoms with Crippen LogP contribution in [0.25, 0.3) is 22.2 Å². The van der Waals surface area contributed by atoms with Crippen molar-refractivity contribution < 1.29 is 4.79 Å². The Kier molecular flexibility index (Phi) is 5.90. The smallest absolute Gasteiger partial charge is 0.316 e. The van der Waals surface area contributed by atoms with Crippen molar-refractivity contribution >= 4 is 28.6 Å². The number of piperazine rings is 1. The second-order valence-electron chi connectivity index (χ2n) is 9.29. The number of anilines is 2. The predicted molar refractivity (Wildman–Crippen MR) is 131 cm³/mol. The van der Waals surface area contributed by atoms with Crippen molar-refractivity contribution in [2.45, 2.75) is 50.7 Å². The number of carbonyl (C=O) groups is 1. The third-order valence-corrected chi connectivity index (χ3v) is 7.08. The Morgan fingerprint density at radius 3 is 2.55 bits per heavy atom.